The van der Waals surface area contributed by atoms with Gasteiger partial charge in [-0.2, -0.15) is 0 Å². The molecule has 0 unspecified atom stereocenters. The summed E-state index contributed by atoms with van der Waals surface area (Å²) in [5.41, 5.74) is 1.72. The van der Waals surface area contributed by atoms with Gasteiger partial charge in [-0.05, 0) is 43.4 Å². The maximum atomic E-state index is 11.6. The SMILES string of the molecule is CS(=O)(=O)c1ccc(-c2cnc(OC3CCN(C4CCCC4)CC3)nc2)cc1. The lowest BCUT2D eigenvalue weighted by Crippen LogP contribution is -2.43. The molecule has 1 aliphatic carbocycles. The third-order valence-corrected chi connectivity index (χ3v) is 6.96. The largest absolute Gasteiger partial charge is 0.460 e. The van der Waals surface area contributed by atoms with Gasteiger partial charge < -0.3 is 9.64 Å². The molecule has 0 radical (unpaired) electrons. The van der Waals surface area contributed by atoms with E-state index in [-0.39, 0.29) is 6.10 Å². The minimum atomic E-state index is -3.19. The first-order valence-electron chi connectivity index (χ1n) is 10.0. The van der Waals surface area contributed by atoms with Crippen molar-refractivity contribution in [3.05, 3.63) is 36.7 Å². The van der Waals surface area contributed by atoms with Crippen LogP contribution in [0.25, 0.3) is 11.1 Å². The molecule has 1 aromatic heterocycles. The summed E-state index contributed by atoms with van der Waals surface area (Å²) < 4.78 is 29.1. The van der Waals surface area contributed by atoms with Crippen LogP contribution in [-0.4, -0.2) is 54.8 Å². The van der Waals surface area contributed by atoms with E-state index in [1.165, 1.54) is 31.9 Å². The molecule has 7 heteroatoms. The lowest BCUT2D eigenvalue weighted by atomic mass is 10.0. The number of piperidine rings is 1. The molecular weight excluding hydrogens is 374 g/mol. The predicted octanol–water partition coefficient (Wildman–Crippen LogP) is 3.33. The first kappa shape index (κ1) is 19.3. The molecule has 150 valence electrons. The molecule has 1 aromatic carbocycles. The number of nitrogens with zero attached hydrogens (tertiary/aromatic N) is 3. The molecule has 28 heavy (non-hydrogen) atoms. The van der Waals surface area contributed by atoms with Crippen LogP contribution >= 0.6 is 0 Å². The van der Waals surface area contributed by atoms with Crippen molar-refractivity contribution in [3.8, 4) is 17.1 Å². The van der Waals surface area contributed by atoms with Gasteiger partial charge in [-0.1, -0.05) is 25.0 Å². The smallest absolute Gasteiger partial charge is 0.316 e. The highest BCUT2D eigenvalue weighted by molar-refractivity contribution is 7.90. The van der Waals surface area contributed by atoms with Gasteiger partial charge in [0.15, 0.2) is 9.84 Å². The minimum absolute atomic E-state index is 0.178. The Hall–Kier alpha value is -1.99. The second kappa shape index (κ2) is 8.17. The van der Waals surface area contributed by atoms with Crippen LogP contribution in [0, 0.1) is 0 Å². The Balaban J connectivity index is 1.33. The molecule has 0 spiro atoms. The summed E-state index contributed by atoms with van der Waals surface area (Å²) in [6.45, 7) is 2.19. The van der Waals surface area contributed by atoms with Crippen molar-refractivity contribution in [3.63, 3.8) is 0 Å². The molecule has 0 bridgehead atoms. The van der Waals surface area contributed by atoms with Gasteiger partial charge in [0.2, 0.25) is 0 Å². The van der Waals surface area contributed by atoms with Crippen LogP contribution in [0.5, 0.6) is 6.01 Å². The fourth-order valence-corrected chi connectivity index (χ4v) is 4.83. The number of ether oxygens (including phenoxy) is 1. The molecular formula is C21H27N3O3S. The number of likely N-dealkylation sites (tertiary alicyclic amines) is 1. The number of benzene rings is 1. The molecule has 4 rings (SSSR count). The zero-order valence-corrected chi connectivity index (χ0v) is 17.1. The Morgan fingerprint density at radius 1 is 0.929 bits per heavy atom. The number of aromatic nitrogens is 2. The summed E-state index contributed by atoms with van der Waals surface area (Å²) in [6.07, 6.45) is 12.3. The summed E-state index contributed by atoms with van der Waals surface area (Å²) in [6, 6.07) is 7.95. The van der Waals surface area contributed by atoms with Crippen molar-refractivity contribution in [1.82, 2.24) is 14.9 Å². The molecule has 2 heterocycles. The molecule has 6 nitrogen and oxygen atoms in total. The molecule has 1 saturated carbocycles. The Bertz CT molecular complexity index is 883. The van der Waals surface area contributed by atoms with Gasteiger partial charge in [0.05, 0.1) is 4.90 Å². The van der Waals surface area contributed by atoms with Crippen LogP contribution in [0.2, 0.25) is 0 Å². The summed E-state index contributed by atoms with van der Waals surface area (Å²) >= 11 is 0. The van der Waals surface area contributed by atoms with Crippen molar-refractivity contribution < 1.29 is 13.2 Å². The van der Waals surface area contributed by atoms with Gasteiger partial charge in [-0.25, -0.2) is 18.4 Å². The van der Waals surface area contributed by atoms with Gasteiger partial charge in [-0.3, -0.25) is 0 Å². The zero-order chi connectivity index (χ0) is 19.6. The quantitative estimate of drug-likeness (QED) is 0.765. The summed E-state index contributed by atoms with van der Waals surface area (Å²) in [7, 11) is -3.19. The standard InChI is InChI=1S/C21H27N3O3S/c1-28(25,26)20-8-6-16(7-9-20)17-14-22-21(23-15-17)27-19-10-12-24(13-11-19)18-4-2-3-5-18/h6-9,14-15,18-19H,2-5,10-13H2,1H3. The average Bonchev–Trinajstić information content (AvgIpc) is 3.23. The van der Waals surface area contributed by atoms with E-state index < -0.39 is 9.84 Å². The minimum Gasteiger partial charge on any atom is -0.460 e. The van der Waals surface area contributed by atoms with E-state index in [9.17, 15) is 8.42 Å². The van der Waals surface area contributed by atoms with Crippen LogP contribution in [-0.2, 0) is 9.84 Å². The summed E-state index contributed by atoms with van der Waals surface area (Å²) in [5, 5.41) is 0. The third kappa shape index (κ3) is 4.52. The number of sulfone groups is 1. The predicted molar refractivity (Wildman–Crippen MR) is 108 cm³/mol. The van der Waals surface area contributed by atoms with Crippen molar-refractivity contribution in [2.75, 3.05) is 19.3 Å². The first-order valence-corrected chi connectivity index (χ1v) is 11.9. The summed E-state index contributed by atoms with van der Waals surface area (Å²) in [5.74, 6) is 0. The number of hydrogen-bond donors (Lipinski definition) is 0. The molecule has 2 fully saturated rings. The van der Waals surface area contributed by atoms with Crippen molar-refractivity contribution >= 4 is 9.84 Å². The number of hydrogen-bond acceptors (Lipinski definition) is 6. The van der Waals surface area contributed by atoms with Crippen LogP contribution in [0.1, 0.15) is 38.5 Å². The van der Waals surface area contributed by atoms with Crippen molar-refractivity contribution in [2.45, 2.75) is 55.6 Å². The Morgan fingerprint density at radius 3 is 2.11 bits per heavy atom. The molecule has 2 aliphatic rings. The van der Waals surface area contributed by atoms with Gasteiger partial charge in [0, 0.05) is 43.3 Å². The van der Waals surface area contributed by atoms with Gasteiger partial charge >= 0.3 is 6.01 Å². The van der Waals surface area contributed by atoms with E-state index >= 15 is 0 Å². The molecule has 2 aromatic rings. The lowest BCUT2D eigenvalue weighted by molar-refractivity contribution is 0.0710. The average molecular weight is 402 g/mol. The van der Waals surface area contributed by atoms with Crippen molar-refractivity contribution in [2.24, 2.45) is 0 Å². The normalized spacial score (nSPS) is 19.8. The Kier molecular flexibility index (Phi) is 5.64. The number of rotatable bonds is 5. The second-order valence-electron chi connectivity index (χ2n) is 7.84. The van der Waals surface area contributed by atoms with E-state index in [0.29, 0.717) is 10.9 Å². The van der Waals surface area contributed by atoms with Crippen LogP contribution in [0.4, 0.5) is 0 Å². The topological polar surface area (TPSA) is 72.4 Å². The third-order valence-electron chi connectivity index (χ3n) is 5.83. The second-order valence-corrected chi connectivity index (χ2v) is 9.86. The van der Waals surface area contributed by atoms with E-state index in [4.69, 9.17) is 4.74 Å². The van der Waals surface area contributed by atoms with E-state index in [0.717, 1.165) is 43.1 Å². The van der Waals surface area contributed by atoms with E-state index in [2.05, 4.69) is 14.9 Å². The highest BCUT2D eigenvalue weighted by atomic mass is 32.2. The molecule has 0 atom stereocenters. The fourth-order valence-electron chi connectivity index (χ4n) is 4.20. The molecule has 1 saturated heterocycles. The first-order chi connectivity index (χ1) is 13.5. The van der Waals surface area contributed by atoms with Crippen molar-refractivity contribution in [1.29, 1.82) is 0 Å². The lowest BCUT2D eigenvalue weighted by Gasteiger charge is -2.35. The maximum Gasteiger partial charge on any atom is 0.316 e. The Labute approximate surface area is 166 Å². The monoisotopic (exact) mass is 401 g/mol. The maximum absolute atomic E-state index is 11.6. The van der Waals surface area contributed by atoms with Crippen LogP contribution in [0.3, 0.4) is 0 Å². The van der Waals surface area contributed by atoms with Gasteiger partial charge in [0.1, 0.15) is 6.10 Å². The highest BCUT2D eigenvalue weighted by Crippen LogP contribution is 2.27. The van der Waals surface area contributed by atoms with Gasteiger partial charge in [0.25, 0.3) is 0 Å². The molecule has 0 N–H and O–H groups in total. The molecule has 1 aliphatic heterocycles. The van der Waals surface area contributed by atoms with E-state index in [1.807, 2.05) is 0 Å². The summed E-state index contributed by atoms with van der Waals surface area (Å²) in [4.78, 5) is 11.6. The Morgan fingerprint density at radius 2 is 1.54 bits per heavy atom. The van der Waals surface area contributed by atoms with Crippen LogP contribution in [0.15, 0.2) is 41.6 Å². The van der Waals surface area contributed by atoms with Crippen LogP contribution < -0.4 is 4.74 Å². The van der Waals surface area contributed by atoms with Gasteiger partial charge in [-0.15, -0.1) is 0 Å². The fraction of sp³-hybridized carbons (Fsp3) is 0.524. The molecule has 0 amide bonds. The highest BCUT2D eigenvalue weighted by Gasteiger charge is 2.28. The van der Waals surface area contributed by atoms with E-state index in [1.54, 1.807) is 36.7 Å². The zero-order valence-electron chi connectivity index (χ0n) is 16.3.